The zero-order valence-electron chi connectivity index (χ0n) is 17.1. The van der Waals surface area contributed by atoms with Gasteiger partial charge in [-0.15, -0.1) is 24.0 Å². The molecule has 0 spiro atoms. The van der Waals surface area contributed by atoms with Gasteiger partial charge in [0.2, 0.25) is 0 Å². The van der Waals surface area contributed by atoms with Gasteiger partial charge >= 0.3 is 0 Å². The van der Waals surface area contributed by atoms with Crippen molar-refractivity contribution in [3.63, 3.8) is 0 Å². The Bertz CT molecular complexity index is 757. The lowest BCUT2D eigenvalue weighted by molar-refractivity contribution is 0.172. The van der Waals surface area contributed by atoms with Crippen LogP contribution in [0.15, 0.2) is 29.3 Å². The molecule has 0 atom stereocenters. The van der Waals surface area contributed by atoms with Crippen LogP contribution in [0.4, 0.5) is 0 Å². The summed E-state index contributed by atoms with van der Waals surface area (Å²) in [6.45, 7) is 10.0. The molecule has 0 aromatic heterocycles. The van der Waals surface area contributed by atoms with E-state index in [0.29, 0.717) is 6.54 Å². The summed E-state index contributed by atoms with van der Waals surface area (Å²) in [5.41, 5.74) is 1.21. The number of nitrogens with zero attached hydrogens (tertiary/aromatic N) is 3. The van der Waals surface area contributed by atoms with E-state index in [1.807, 2.05) is 18.2 Å². The number of nitrogens with one attached hydrogen (secondary N) is 1. The molecule has 1 aliphatic heterocycles. The third-order valence-electron chi connectivity index (χ3n) is 4.77. The summed E-state index contributed by atoms with van der Waals surface area (Å²) in [4.78, 5) is 8.88. The first kappa shape index (κ1) is 25.5. The van der Waals surface area contributed by atoms with E-state index in [9.17, 15) is 8.42 Å². The second-order valence-corrected chi connectivity index (χ2v) is 11.1. The fourth-order valence-electron chi connectivity index (χ4n) is 2.95. The van der Waals surface area contributed by atoms with Crippen LogP contribution in [0.2, 0.25) is 5.02 Å². The smallest absolute Gasteiger partial charge is 0.193 e. The predicted molar refractivity (Wildman–Crippen MR) is 129 cm³/mol. The molecule has 2 rings (SSSR count). The number of sulfone groups is 1. The summed E-state index contributed by atoms with van der Waals surface area (Å²) in [5.74, 6) is 0.867. The van der Waals surface area contributed by atoms with Crippen molar-refractivity contribution in [1.82, 2.24) is 15.1 Å². The van der Waals surface area contributed by atoms with Crippen LogP contribution in [0, 0.1) is 0 Å². The molecule has 0 bridgehead atoms. The number of hydrogen-bond donors (Lipinski definition) is 1. The van der Waals surface area contributed by atoms with E-state index in [4.69, 9.17) is 11.6 Å². The zero-order valence-corrected chi connectivity index (χ0v) is 21.0. The molecule has 1 aromatic carbocycles. The highest BCUT2D eigenvalue weighted by Gasteiger charge is 2.28. The molecule has 0 unspecified atom stereocenters. The third kappa shape index (κ3) is 7.35. The Morgan fingerprint density at radius 3 is 2.39 bits per heavy atom. The van der Waals surface area contributed by atoms with Crippen molar-refractivity contribution in [3.05, 3.63) is 34.9 Å². The SMILES string of the molecule is CN=C(NCCS(=O)(=O)C(C)(C)C)N1CCN(Cc2cccc(Cl)c2)CC1.I. The first-order chi connectivity index (χ1) is 12.6. The highest BCUT2D eigenvalue weighted by Crippen LogP contribution is 2.16. The third-order valence-corrected chi connectivity index (χ3v) is 7.61. The van der Waals surface area contributed by atoms with Gasteiger partial charge in [-0.05, 0) is 38.5 Å². The van der Waals surface area contributed by atoms with Crippen LogP contribution in [0.25, 0.3) is 0 Å². The minimum atomic E-state index is -3.13. The monoisotopic (exact) mass is 542 g/mol. The average molecular weight is 543 g/mol. The fraction of sp³-hybridized carbons (Fsp3) is 0.632. The van der Waals surface area contributed by atoms with Crippen LogP contribution in [-0.2, 0) is 16.4 Å². The van der Waals surface area contributed by atoms with Crippen molar-refractivity contribution in [2.45, 2.75) is 32.1 Å². The fourth-order valence-corrected chi connectivity index (χ4v) is 4.14. The van der Waals surface area contributed by atoms with Crippen LogP contribution in [0.1, 0.15) is 26.3 Å². The number of piperazine rings is 1. The van der Waals surface area contributed by atoms with E-state index in [2.05, 4.69) is 26.2 Å². The van der Waals surface area contributed by atoms with Gasteiger partial charge in [0, 0.05) is 51.3 Å². The van der Waals surface area contributed by atoms with E-state index in [1.165, 1.54) is 5.56 Å². The summed E-state index contributed by atoms with van der Waals surface area (Å²) in [7, 11) is -1.40. The Balaban J connectivity index is 0.00000392. The van der Waals surface area contributed by atoms with Crippen molar-refractivity contribution < 1.29 is 8.42 Å². The van der Waals surface area contributed by atoms with E-state index >= 15 is 0 Å². The second-order valence-electron chi connectivity index (χ2n) is 7.80. The van der Waals surface area contributed by atoms with E-state index in [1.54, 1.807) is 27.8 Å². The molecule has 0 saturated carbocycles. The van der Waals surface area contributed by atoms with Crippen LogP contribution >= 0.6 is 35.6 Å². The largest absolute Gasteiger partial charge is 0.355 e. The topological polar surface area (TPSA) is 65.0 Å². The number of benzene rings is 1. The molecule has 9 heteroatoms. The second kappa shape index (κ2) is 11.0. The van der Waals surface area contributed by atoms with Crippen molar-refractivity contribution in [2.75, 3.05) is 45.5 Å². The van der Waals surface area contributed by atoms with Crippen LogP contribution < -0.4 is 5.32 Å². The van der Waals surface area contributed by atoms with Crippen molar-refractivity contribution >= 4 is 51.4 Å². The molecule has 6 nitrogen and oxygen atoms in total. The molecule has 0 aliphatic carbocycles. The molecular formula is C19H32ClIN4O2S. The molecular weight excluding hydrogens is 511 g/mol. The van der Waals surface area contributed by atoms with Crippen LogP contribution in [-0.4, -0.2) is 74.4 Å². The van der Waals surface area contributed by atoms with Gasteiger partial charge in [0.15, 0.2) is 15.8 Å². The average Bonchev–Trinajstić information content (AvgIpc) is 2.59. The molecule has 1 aliphatic rings. The predicted octanol–water partition coefficient (Wildman–Crippen LogP) is 2.86. The van der Waals surface area contributed by atoms with Gasteiger partial charge in [-0.2, -0.15) is 0 Å². The Hall–Kier alpha value is -0.580. The molecule has 160 valence electrons. The van der Waals surface area contributed by atoms with E-state index in [0.717, 1.165) is 43.7 Å². The number of halogens is 2. The number of aliphatic imine (C=N–C) groups is 1. The van der Waals surface area contributed by atoms with Gasteiger partial charge in [-0.1, -0.05) is 23.7 Å². The molecule has 1 fully saturated rings. The highest BCUT2D eigenvalue weighted by molar-refractivity contribution is 14.0. The van der Waals surface area contributed by atoms with Crippen LogP contribution in [0.3, 0.4) is 0 Å². The summed E-state index contributed by atoms with van der Waals surface area (Å²) in [6.07, 6.45) is 0. The lowest BCUT2D eigenvalue weighted by Crippen LogP contribution is -2.52. The summed E-state index contributed by atoms with van der Waals surface area (Å²) in [6, 6.07) is 7.96. The van der Waals surface area contributed by atoms with Gasteiger partial charge in [0.25, 0.3) is 0 Å². The van der Waals surface area contributed by atoms with E-state index < -0.39 is 14.6 Å². The maximum Gasteiger partial charge on any atom is 0.193 e. The van der Waals surface area contributed by atoms with E-state index in [-0.39, 0.29) is 29.7 Å². The summed E-state index contributed by atoms with van der Waals surface area (Å²) < 4.78 is 23.7. The minimum Gasteiger partial charge on any atom is -0.355 e. The maximum absolute atomic E-state index is 12.2. The first-order valence-corrected chi connectivity index (χ1v) is 11.3. The van der Waals surface area contributed by atoms with Gasteiger partial charge in [-0.25, -0.2) is 8.42 Å². The van der Waals surface area contributed by atoms with Crippen molar-refractivity contribution in [2.24, 2.45) is 4.99 Å². The van der Waals surface area contributed by atoms with Gasteiger partial charge < -0.3 is 10.2 Å². The van der Waals surface area contributed by atoms with Gasteiger partial charge in [-0.3, -0.25) is 9.89 Å². The Labute approximate surface area is 191 Å². The highest BCUT2D eigenvalue weighted by atomic mass is 127. The van der Waals surface area contributed by atoms with Crippen LogP contribution in [0.5, 0.6) is 0 Å². The molecule has 0 amide bonds. The Morgan fingerprint density at radius 2 is 1.86 bits per heavy atom. The molecule has 0 radical (unpaired) electrons. The Morgan fingerprint density at radius 1 is 1.21 bits per heavy atom. The number of rotatable bonds is 5. The standard InChI is InChI=1S/C19H31ClN4O2S.HI/c1-19(2,3)27(25,26)13-8-22-18(21-4)24-11-9-23(10-12-24)15-16-6-5-7-17(20)14-16;/h5-7,14H,8-13,15H2,1-4H3,(H,21,22);1H. The van der Waals surface area contributed by atoms with Gasteiger partial charge in [0.1, 0.15) is 0 Å². The van der Waals surface area contributed by atoms with Gasteiger partial charge in [0.05, 0.1) is 10.5 Å². The first-order valence-electron chi connectivity index (χ1n) is 9.27. The molecule has 1 N–H and O–H groups in total. The molecule has 1 aromatic rings. The number of guanidine groups is 1. The minimum absolute atomic E-state index is 0. The quantitative estimate of drug-likeness (QED) is 0.352. The Kier molecular flexibility index (Phi) is 9.99. The van der Waals surface area contributed by atoms with Crippen molar-refractivity contribution in [1.29, 1.82) is 0 Å². The van der Waals surface area contributed by atoms with Crippen molar-refractivity contribution in [3.8, 4) is 0 Å². The summed E-state index contributed by atoms with van der Waals surface area (Å²) in [5, 5.41) is 3.96. The summed E-state index contributed by atoms with van der Waals surface area (Å²) >= 11 is 6.06. The molecule has 28 heavy (non-hydrogen) atoms. The lowest BCUT2D eigenvalue weighted by atomic mass is 10.2. The lowest BCUT2D eigenvalue weighted by Gasteiger charge is -2.36. The normalized spacial score (nSPS) is 16.6. The molecule has 1 heterocycles. The maximum atomic E-state index is 12.2. The zero-order chi connectivity index (χ0) is 20.1. The number of hydrogen-bond acceptors (Lipinski definition) is 4. The molecule has 1 saturated heterocycles.